The van der Waals surface area contributed by atoms with Crippen molar-refractivity contribution in [2.24, 2.45) is 0 Å². The quantitative estimate of drug-likeness (QED) is 0.495. The van der Waals surface area contributed by atoms with Crippen LogP contribution in [0.3, 0.4) is 0 Å². The minimum atomic E-state index is -4.76. The molecule has 0 radical (unpaired) electrons. The summed E-state index contributed by atoms with van der Waals surface area (Å²) in [7, 11) is 0. The van der Waals surface area contributed by atoms with E-state index in [1.54, 1.807) is 23.2 Å². The van der Waals surface area contributed by atoms with Crippen LogP contribution >= 0.6 is 0 Å². The summed E-state index contributed by atoms with van der Waals surface area (Å²) in [5.74, 6) is -1.55. The molecule has 8 nitrogen and oxygen atoms in total. The first kappa shape index (κ1) is 25.5. The molecule has 0 bridgehead atoms. The molecule has 3 heterocycles. The summed E-state index contributed by atoms with van der Waals surface area (Å²) in [4.78, 5) is 30.3. The van der Waals surface area contributed by atoms with E-state index in [-0.39, 0.29) is 24.7 Å². The van der Waals surface area contributed by atoms with Gasteiger partial charge >= 0.3 is 12.3 Å². The van der Waals surface area contributed by atoms with E-state index in [4.69, 9.17) is 9.84 Å². The Kier molecular flexibility index (Phi) is 6.94. The largest absolute Gasteiger partial charge is 0.573 e. The Hall–Kier alpha value is -3.60. The molecule has 1 amide bonds. The van der Waals surface area contributed by atoms with E-state index in [2.05, 4.69) is 9.72 Å². The zero-order valence-electron chi connectivity index (χ0n) is 19.8. The number of nitrogens with zero attached hydrogens (tertiary/aromatic N) is 3. The molecule has 0 saturated heterocycles. The van der Waals surface area contributed by atoms with Crippen molar-refractivity contribution in [3.8, 4) is 5.75 Å². The van der Waals surface area contributed by atoms with E-state index in [0.717, 1.165) is 27.9 Å². The highest BCUT2D eigenvalue weighted by Crippen LogP contribution is 2.31. The van der Waals surface area contributed by atoms with E-state index in [1.165, 1.54) is 26.0 Å². The maximum atomic E-state index is 12.9. The minimum absolute atomic E-state index is 0.0155. The van der Waals surface area contributed by atoms with Gasteiger partial charge < -0.3 is 24.0 Å². The van der Waals surface area contributed by atoms with Gasteiger partial charge in [0.25, 0.3) is 0 Å². The molecule has 1 aliphatic heterocycles. The first-order valence-corrected chi connectivity index (χ1v) is 11.4. The zero-order valence-corrected chi connectivity index (χ0v) is 19.8. The average Bonchev–Trinajstić information content (AvgIpc) is 3.12. The fourth-order valence-electron chi connectivity index (χ4n) is 4.24. The third-order valence-electron chi connectivity index (χ3n) is 6.16. The van der Waals surface area contributed by atoms with Gasteiger partial charge in [0.2, 0.25) is 5.91 Å². The molecule has 0 atom stereocenters. The third-order valence-corrected chi connectivity index (χ3v) is 6.16. The predicted octanol–water partition coefficient (Wildman–Crippen LogP) is 4.14. The maximum Gasteiger partial charge on any atom is 0.573 e. The Bertz CT molecular complexity index is 1270. The van der Waals surface area contributed by atoms with Crippen molar-refractivity contribution < 1.29 is 37.3 Å². The second-order valence-corrected chi connectivity index (χ2v) is 9.06. The van der Waals surface area contributed by atoms with Crippen molar-refractivity contribution in [2.45, 2.75) is 51.7 Å². The van der Waals surface area contributed by atoms with Crippen molar-refractivity contribution >= 4 is 22.9 Å². The van der Waals surface area contributed by atoms with Crippen molar-refractivity contribution in [1.29, 1.82) is 0 Å². The number of aromatic nitrogens is 2. The molecular formula is C25H26F3N3O5. The molecule has 1 N–H and O–H groups in total. The third kappa shape index (κ3) is 5.62. The number of carbonyl (C=O) groups is 2. The Morgan fingerprint density at radius 3 is 2.53 bits per heavy atom. The standard InChI is InChI=1S/C25H26F3N3O5/c1-24(2,23(33)34)35-13-10-21(32)30-12-9-18-19-4-3-11-29-22(19)31(20(18)15-30)14-16-5-7-17(8-6-16)36-25(26,27)28/h3-8,11H,9-10,12-15H2,1-2H3,(H,33,34). The molecule has 1 aliphatic rings. The Morgan fingerprint density at radius 1 is 1.14 bits per heavy atom. The van der Waals surface area contributed by atoms with Crippen LogP contribution in [-0.2, 0) is 33.8 Å². The molecule has 36 heavy (non-hydrogen) atoms. The molecule has 3 aromatic rings. The number of hydrogen-bond acceptors (Lipinski definition) is 5. The Balaban J connectivity index is 1.53. The highest BCUT2D eigenvalue weighted by Gasteiger charge is 2.32. The summed E-state index contributed by atoms with van der Waals surface area (Å²) in [5, 5.41) is 10.1. The molecule has 0 saturated carbocycles. The predicted molar refractivity (Wildman–Crippen MR) is 123 cm³/mol. The highest BCUT2D eigenvalue weighted by molar-refractivity contribution is 5.84. The lowest BCUT2D eigenvalue weighted by Crippen LogP contribution is -2.39. The van der Waals surface area contributed by atoms with Crippen molar-refractivity contribution in [1.82, 2.24) is 14.5 Å². The van der Waals surface area contributed by atoms with E-state index in [9.17, 15) is 22.8 Å². The summed E-state index contributed by atoms with van der Waals surface area (Å²) < 4.78 is 48.8. The number of aliphatic carboxylic acids is 1. The van der Waals surface area contributed by atoms with E-state index in [0.29, 0.717) is 26.1 Å². The molecule has 0 spiro atoms. The molecule has 2 aromatic heterocycles. The van der Waals surface area contributed by atoms with Crippen LogP contribution in [0.5, 0.6) is 5.75 Å². The van der Waals surface area contributed by atoms with Crippen LogP contribution in [0.1, 0.15) is 37.1 Å². The lowest BCUT2D eigenvalue weighted by molar-refractivity contribution is -0.274. The van der Waals surface area contributed by atoms with E-state index < -0.39 is 17.9 Å². The second-order valence-electron chi connectivity index (χ2n) is 9.06. The fraction of sp³-hybridized carbons (Fsp3) is 0.400. The van der Waals surface area contributed by atoms with Gasteiger partial charge in [-0.3, -0.25) is 4.79 Å². The number of alkyl halides is 3. The Morgan fingerprint density at radius 2 is 1.86 bits per heavy atom. The summed E-state index contributed by atoms with van der Waals surface area (Å²) in [5.41, 5.74) is 2.10. The molecule has 192 valence electrons. The van der Waals surface area contributed by atoms with Gasteiger partial charge in [-0.1, -0.05) is 12.1 Å². The molecular weight excluding hydrogens is 479 g/mol. The number of pyridine rings is 1. The summed E-state index contributed by atoms with van der Waals surface area (Å²) >= 11 is 0. The maximum absolute atomic E-state index is 12.9. The van der Waals surface area contributed by atoms with Gasteiger partial charge in [-0.2, -0.15) is 0 Å². The number of fused-ring (bicyclic) bond motifs is 3. The summed E-state index contributed by atoms with van der Waals surface area (Å²) in [6, 6.07) is 9.48. The van der Waals surface area contributed by atoms with Crippen LogP contribution in [0, 0.1) is 0 Å². The van der Waals surface area contributed by atoms with Gasteiger partial charge in [0.1, 0.15) is 11.4 Å². The van der Waals surface area contributed by atoms with Crippen LogP contribution in [0.2, 0.25) is 0 Å². The number of ether oxygens (including phenoxy) is 2. The van der Waals surface area contributed by atoms with Crippen LogP contribution in [0.15, 0.2) is 42.6 Å². The number of carbonyl (C=O) groups excluding carboxylic acids is 1. The lowest BCUT2D eigenvalue weighted by Gasteiger charge is -2.29. The first-order valence-electron chi connectivity index (χ1n) is 11.4. The first-order chi connectivity index (χ1) is 16.9. The molecule has 0 unspecified atom stereocenters. The Labute approximate surface area is 205 Å². The monoisotopic (exact) mass is 505 g/mol. The van der Waals surface area contributed by atoms with E-state index >= 15 is 0 Å². The molecule has 1 aromatic carbocycles. The summed E-state index contributed by atoms with van der Waals surface area (Å²) in [6.07, 6.45) is -2.41. The van der Waals surface area contributed by atoms with Gasteiger partial charge in [0.05, 0.1) is 19.6 Å². The van der Waals surface area contributed by atoms with E-state index in [1.807, 2.05) is 16.7 Å². The number of rotatable bonds is 8. The average molecular weight is 505 g/mol. The lowest BCUT2D eigenvalue weighted by atomic mass is 10.0. The van der Waals surface area contributed by atoms with Gasteiger partial charge in [-0.15, -0.1) is 13.2 Å². The smallest absolute Gasteiger partial charge is 0.479 e. The topological polar surface area (TPSA) is 93.9 Å². The van der Waals surface area contributed by atoms with Crippen LogP contribution < -0.4 is 4.74 Å². The number of carboxylic acid groups (broad SMARTS) is 1. The van der Waals surface area contributed by atoms with Crippen molar-refractivity contribution in [3.63, 3.8) is 0 Å². The highest BCUT2D eigenvalue weighted by atomic mass is 19.4. The van der Waals surface area contributed by atoms with Crippen molar-refractivity contribution in [3.05, 3.63) is 59.4 Å². The van der Waals surface area contributed by atoms with Crippen LogP contribution in [-0.4, -0.2) is 56.5 Å². The zero-order chi connectivity index (χ0) is 26.1. The number of halogens is 3. The summed E-state index contributed by atoms with van der Waals surface area (Å²) in [6.45, 7) is 4.04. The number of hydrogen-bond donors (Lipinski definition) is 1. The minimum Gasteiger partial charge on any atom is -0.479 e. The van der Waals surface area contributed by atoms with Gasteiger partial charge in [0.15, 0.2) is 5.60 Å². The van der Waals surface area contributed by atoms with Gasteiger partial charge in [-0.05, 0) is 55.7 Å². The molecule has 4 rings (SSSR count). The normalized spacial score (nSPS) is 14.1. The van der Waals surface area contributed by atoms with Gasteiger partial charge in [-0.25, -0.2) is 9.78 Å². The SMILES string of the molecule is CC(C)(OCCC(=O)N1CCc2c(n(Cc3ccc(OC(F)(F)F)cc3)c3ncccc23)C1)C(=O)O. The number of benzene rings is 1. The van der Waals surface area contributed by atoms with Crippen LogP contribution in [0.4, 0.5) is 13.2 Å². The van der Waals surface area contributed by atoms with Crippen molar-refractivity contribution in [2.75, 3.05) is 13.2 Å². The number of carboxylic acids is 1. The van der Waals surface area contributed by atoms with Crippen LogP contribution in [0.25, 0.3) is 11.0 Å². The van der Waals surface area contributed by atoms with Gasteiger partial charge in [0, 0.05) is 30.4 Å². The molecule has 0 fully saturated rings. The fourth-order valence-corrected chi connectivity index (χ4v) is 4.24. The molecule has 11 heteroatoms. The second kappa shape index (κ2) is 9.81. The molecule has 0 aliphatic carbocycles. The number of amides is 1.